The quantitative estimate of drug-likeness (QED) is 0.706. The Bertz CT molecular complexity index is 360. The van der Waals surface area contributed by atoms with Crippen LogP contribution in [0, 0.1) is 5.92 Å². The Balaban J connectivity index is 2.66. The van der Waals surface area contributed by atoms with Gasteiger partial charge in [-0.2, -0.15) is 5.10 Å². The van der Waals surface area contributed by atoms with Gasteiger partial charge in [0.1, 0.15) is 5.82 Å². The summed E-state index contributed by atoms with van der Waals surface area (Å²) in [4.78, 5) is 11.7. The molecule has 0 saturated heterocycles. The third-order valence-electron chi connectivity index (χ3n) is 1.89. The number of rotatable bonds is 3. The van der Waals surface area contributed by atoms with Gasteiger partial charge >= 0.3 is 0 Å². The molecule has 3 N–H and O–H groups in total. The molecule has 5 nitrogen and oxygen atoms in total. The SMILES string of the molecule is CC(C(=O)Nc1ccnn1C)C(N)=S. The summed E-state index contributed by atoms with van der Waals surface area (Å²) in [6.07, 6.45) is 1.60. The normalized spacial score (nSPS) is 12.1. The van der Waals surface area contributed by atoms with E-state index in [1.807, 2.05) is 0 Å². The first-order valence-corrected chi connectivity index (χ1v) is 4.51. The van der Waals surface area contributed by atoms with Crippen LogP contribution < -0.4 is 11.1 Å². The largest absolute Gasteiger partial charge is 0.393 e. The maximum Gasteiger partial charge on any atom is 0.235 e. The summed E-state index contributed by atoms with van der Waals surface area (Å²) in [5.74, 6) is -0.0703. The number of nitrogens with zero attached hydrogens (tertiary/aromatic N) is 2. The van der Waals surface area contributed by atoms with E-state index in [9.17, 15) is 4.79 Å². The number of anilines is 1. The lowest BCUT2D eigenvalue weighted by Gasteiger charge is -2.10. The van der Waals surface area contributed by atoms with Gasteiger partial charge in [-0.05, 0) is 6.92 Å². The fourth-order valence-electron chi connectivity index (χ4n) is 0.860. The molecular formula is C8H12N4OS. The smallest absolute Gasteiger partial charge is 0.235 e. The van der Waals surface area contributed by atoms with E-state index >= 15 is 0 Å². The average molecular weight is 212 g/mol. The van der Waals surface area contributed by atoms with Gasteiger partial charge in [0, 0.05) is 13.1 Å². The molecule has 0 radical (unpaired) electrons. The van der Waals surface area contributed by atoms with Crippen LogP contribution >= 0.6 is 12.2 Å². The van der Waals surface area contributed by atoms with E-state index in [2.05, 4.69) is 10.4 Å². The van der Waals surface area contributed by atoms with Crippen molar-refractivity contribution in [1.82, 2.24) is 9.78 Å². The summed E-state index contributed by atoms with van der Waals surface area (Å²) in [7, 11) is 1.74. The molecule has 1 amide bonds. The third-order valence-corrected chi connectivity index (χ3v) is 2.25. The van der Waals surface area contributed by atoms with E-state index < -0.39 is 5.92 Å². The summed E-state index contributed by atoms with van der Waals surface area (Å²) in [5.41, 5.74) is 5.35. The highest BCUT2D eigenvalue weighted by atomic mass is 32.1. The maximum absolute atomic E-state index is 11.5. The number of hydrogen-bond acceptors (Lipinski definition) is 3. The molecule has 0 bridgehead atoms. The molecule has 0 aliphatic rings. The van der Waals surface area contributed by atoms with Gasteiger partial charge in [-0.15, -0.1) is 0 Å². The predicted octanol–water partition coefficient (Wildman–Crippen LogP) is 0.281. The van der Waals surface area contributed by atoms with Crippen LogP contribution in [0.2, 0.25) is 0 Å². The fraction of sp³-hybridized carbons (Fsp3) is 0.375. The number of carbonyl (C=O) groups is 1. The lowest BCUT2D eigenvalue weighted by atomic mass is 10.2. The Morgan fingerprint density at radius 3 is 2.86 bits per heavy atom. The minimum Gasteiger partial charge on any atom is -0.393 e. The van der Waals surface area contributed by atoms with E-state index in [0.717, 1.165) is 0 Å². The maximum atomic E-state index is 11.5. The van der Waals surface area contributed by atoms with Crippen molar-refractivity contribution in [3.05, 3.63) is 12.3 Å². The summed E-state index contributed by atoms with van der Waals surface area (Å²) in [6, 6.07) is 1.70. The lowest BCUT2D eigenvalue weighted by Crippen LogP contribution is -2.31. The molecule has 0 fully saturated rings. The molecule has 1 unspecified atom stereocenters. The fourth-order valence-corrected chi connectivity index (χ4v) is 0.967. The highest BCUT2D eigenvalue weighted by Crippen LogP contribution is 2.06. The number of aromatic nitrogens is 2. The van der Waals surface area contributed by atoms with Gasteiger partial charge in [0.2, 0.25) is 5.91 Å². The number of thiocarbonyl (C=S) groups is 1. The van der Waals surface area contributed by atoms with Crippen molar-refractivity contribution >= 4 is 28.9 Å². The topological polar surface area (TPSA) is 72.9 Å². The van der Waals surface area contributed by atoms with Gasteiger partial charge < -0.3 is 11.1 Å². The second-order valence-electron chi connectivity index (χ2n) is 2.95. The monoisotopic (exact) mass is 212 g/mol. The first kappa shape index (κ1) is 10.6. The van der Waals surface area contributed by atoms with E-state index in [1.165, 1.54) is 0 Å². The van der Waals surface area contributed by atoms with Crippen molar-refractivity contribution in [2.45, 2.75) is 6.92 Å². The molecule has 0 aliphatic heterocycles. The number of amides is 1. The van der Waals surface area contributed by atoms with E-state index in [1.54, 1.807) is 30.9 Å². The van der Waals surface area contributed by atoms with Gasteiger partial charge in [-0.3, -0.25) is 9.48 Å². The van der Waals surface area contributed by atoms with Crippen molar-refractivity contribution in [3.8, 4) is 0 Å². The Kier molecular flexibility index (Phi) is 3.19. The minimum absolute atomic E-state index is 0.185. The minimum atomic E-state index is -0.472. The van der Waals surface area contributed by atoms with Gasteiger partial charge in [0.05, 0.1) is 17.1 Å². The van der Waals surface area contributed by atoms with E-state index in [4.69, 9.17) is 18.0 Å². The van der Waals surface area contributed by atoms with Gasteiger partial charge in [0.25, 0.3) is 0 Å². The Morgan fingerprint density at radius 1 is 1.79 bits per heavy atom. The third kappa shape index (κ3) is 2.29. The Morgan fingerprint density at radius 2 is 2.43 bits per heavy atom. The van der Waals surface area contributed by atoms with Crippen molar-refractivity contribution in [3.63, 3.8) is 0 Å². The van der Waals surface area contributed by atoms with Crippen LogP contribution in [0.15, 0.2) is 12.3 Å². The molecule has 1 aromatic rings. The van der Waals surface area contributed by atoms with Crippen LogP contribution in [0.5, 0.6) is 0 Å². The first-order valence-electron chi connectivity index (χ1n) is 4.10. The lowest BCUT2D eigenvalue weighted by molar-refractivity contribution is -0.117. The number of nitrogens with two attached hydrogens (primary N) is 1. The molecular weight excluding hydrogens is 200 g/mol. The number of hydrogen-bond donors (Lipinski definition) is 2. The molecule has 0 spiro atoms. The molecule has 14 heavy (non-hydrogen) atoms. The molecule has 1 rings (SSSR count). The molecule has 0 saturated carbocycles. The molecule has 0 aromatic carbocycles. The van der Waals surface area contributed by atoms with Crippen LogP contribution in [0.1, 0.15) is 6.92 Å². The highest BCUT2D eigenvalue weighted by Gasteiger charge is 2.16. The standard InChI is InChI=1S/C8H12N4OS/c1-5(7(9)14)8(13)11-6-3-4-10-12(6)2/h3-5H,1-2H3,(H2,9,14)(H,11,13). The van der Waals surface area contributed by atoms with Crippen LogP contribution in [0.25, 0.3) is 0 Å². The zero-order valence-electron chi connectivity index (χ0n) is 8.02. The molecule has 1 heterocycles. The van der Waals surface area contributed by atoms with Gasteiger partial charge in [-0.1, -0.05) is 12.2 Å². The van der Waals surface area contributed by atoms with Crippen molar-refractivity contribution in [2.24, 2.45) is 18.7 Å². The molecule has 1 aromatic heterocycles. The Hall–Kier alpha value is -1.43. The zero-order chi connectivity index (χ0) is 10.7. The summed E-state index contributed by atoms with van der Waals surface area (Å²) < 4.78 is 1.56. The molecule has 6 heteroatoms. The second-order valence-corrected chi connectivity index (χ2v) is 3.42. The summed E-state index contributed by atoms with van der Waals surface area (Å²) >= 11 is 4.72. The van der Waals surface area contributed by atoms with Crippen LogP contribution in [-0.2, 0) is 11.8 Å². The average Bonchev–Trinajstić information content (AvgIpc) is 2.50. The van der Waals surface area contributed by atoms with E-state index in [-0.39, 0.29) is 10.9 Å². The summed E-state index contributed by atoms with van der Waals surface area (Å²) in [5, 5.41) is 6.58. The van der Waals surface area contributed by atoms with Gasteiger partial charge in [-0.25, -0.2) is 0 Å². The van der Waals surface area contributed by atoms with E-state index in [0.29, 0.717) is 5.82 Å². The molecule has 0 aliphatic carbocycles. The zero-order valence-corrected chi connectivity index (χ0v) is 8.84. The highest BCUT2D eigenvalue weighted by molar-refractivity contribution is 7.80. The Labute approximate surface area is 87.3 Å². The van der Waals surface area contributed by atoms with Crippen LogP contribution in [-0.4, -0.2) is 20.7 Å². The van der Waals surface area contributed by atoms with Crippen LogP contribution in [0.4, 0.5) is 5.82 Å². The first-order chi connectivity index (χ1) is 6.52. The number of aryl methyl sites for hydroxylation is 1. The summed E-state index contributed by atoms with van der Waals surface area (Å²) in [6.45, 7) is 1.66. The predicted molar refractivity (Wildman–Crippen MR) is 57.8 cm³/mol. The van der Waals surface area contributed by atoms with Crippen molar-refractivity contribution in [1.29, 1.82) is 0 Å². The molecule has 1 atom stereocenters. The van der Waals surface area contributed by atoms with Gasteiger partial charge in [0.15, 0.2) is 0 Å². The molecule has 76 valence electrons. The number of carbonyl (C=O) groups excluding carboxylic acids is 1. The number of nitrogens with one attached hydrogen (secondary N) is 1. The van der Waals surface area contributed by atoms with Crippen LogP contribution in [0.3, 0.4) is 0 Å². The van der Waals surface area contributed by atoms with Crippen molar-refractivity contribution < 1.29 is 4.79 Å². The van der Waals surface area contributed by atoms with Crippen molar-refractivity contribution in [2.75, 3.05) is 5.32 Å². The second kappa shape index (κ2) is 4.19.